The number of hydrogen-bond donors (Lipinski definition) is 0. The SMILES string of the molecule is c1ccc(-c2ccc3c(c2)c2c(-c4ccccc4)nc(-c4ccccc4)nc2n3-c2nc(-n3c4ccccc4c4ccccc43)nc(-n3c4ccccc4c4ccccc43)n2)cc1. The van der Waals surface area contributed by atoms with Crippen LogP contribution >= 0.6 is 0 Å². The van der Waals surface area contributed by atoms with Crippen molar-refractivity contribution in [3.05, 3.63) is 206 Å². The van der Waals surface area contributed by atoms with Crippen molar-refractivity contribution in [2.24, 2.45) is 0 Å². The van der Waals surface area contributed by atoms with Crippen molar-refractivity contribution < 1.29 is 0 Å². The largest absolute Gasteiger partial charge is 0.278 e. The number of hydrogen-bond acceptors (Lipinski definition) is 5. The molecule has 63 heavy (non-hydrogen) atoms. The van der Waals surface area contributed by atoms with Crippen LogP contribution in [0.25, 0.3) is 117 Å². The molecule has 0 fully saturated rings. The average molecular weight is 807 g/mol. The van der Waals surface area contributed by atoms with Gasteiger partial charge in [-0.2, -0.15) is 15.0 Å². The Kier molecular flexibility index (Phi) is 7.74. The van der Waals surface area contributed by atoms with E-state index in [0.29, 0.717) is 29.3 Å². The Morgan fingerprint density at radius 1 is 0.270 bits per heavy atom. The van der Waals surface area contributed by atoms with Crippen molar-refractivity contribution in [2.45, 2.75) is 0 Å². The normalized spacial score (nSPS) is 11.8. The molecule has 13 aromatic rings. The van der Waals surface area contributed by atoms with E-state index >= 15 is 0 Å². The second kappa shape index (κ2) is 13.9. The smallest absolute Gasteiger partial charge is 0.242 e. The van der Waals surface area contributed by atoms with E-state index in [1.807, 2.05) is 30.3 Å². The van der Waals surface area contributed by atoms with Gasteiger partial charge in [-0.1, -0.05) is 170 Å². The molecule has 5 aromatic heterocycles. The summed E-state index contributed by atoms with van der Waals surface area (Å²) in [4.78, 5) is 27.3. The first kappa shape index (κ1) is 35.0. The number of fused-ring (bicyclic) bond motifs is 9. The maximum Gasteiger partial charge on any atom is 0.242 e. The Bertz CT molecular complexity index is 3670. The minimum absolute atomic E-state index is 0.433. The van der Waals surface area contributed by atoms with Crippen LogP contribution in [0.5, 0.6) is 0 Å². The fraction of sp³-hybridized carbons (Fsp3) is 0. The lowest BCUT2D eigenvalue weighted by Gasteiger charge is -2.14. The number of para-hydroxylation sites is 4. The van der Waals surface area contributed by atoms with Gasteiger partial charge in [-0.05, 0) is 47.5 Å². The molecule has 0 aliphatic heterocycles. The third-order valence-electron chi connectivity index (χ3n) is 12.2. The number of aromatic nitrogens is 8. The molecular formula is C55H34N8. The van der Waals surface area contributed by atoms with E-state index in [2.05, 4.69) is 190 Å². The summed E-state index contributed by atoms with van der Waals surface area (Å²) < 4.78 is 6.43. The maximum absolute atomic E-state index is 5.50. The fourth-order valence-electron chi connectivity index (χ4n) is 9.36. The Morgan fingerprint density at radius 3 is 1.16 bits per heavy atom. The second-order valence-corrected chi connectivity index (χ2v) is 15.7. The van der Waals surface area contributed by atoms with Crippen LogP contribution in [0.15, 0.2) is 206 Å². The van der Waals surface area contributed by atoms with Crippen LogP contribution in [-0.4, -0.2) is 38.6 Å². The van der Waals surface area contributed by atoms with Crippen LogP contribution in [0.4, 0.5) is 0 Å². The van der Waals surface area contributed by atoms with Gasteiger partial charge in [0.2, 0.25) is 17.8 Å². The summed E-state index contributed by atoms with van der Waals surface area (Å²) in [5.41, 5.74) is 10.5. The molecule has 0 saturated carbocycles. The van der Waals surface area contributed by atoms with Crippen LogP contribution in [0.3, 0.4) is 0 Å². The standard InChI is InChI=1S/C55H34N8/c1-4-18-35(19-5-1)38-32-33-48-43(34-38)49-50(36-20-6-2-7-21-36)56-51(37-22-8-3-9-23-37)57-52(49)63(48)55-59-53(61-44-28-14-10-24-39(44)40-25-11-15-29-45(40)61)58-54(60-55)62-46-30-16-12-26-41(46)42-27-13-17-31-47(42)62/h1-34H. The van der Waals surface area contributed by atoms with Gasteiger partial charge in [0.1, 0.15) is 0 Å². The monoisotopic (exact) mass is 806 g/mol. The molecule has 0 saturated heterocycles. The lowest BCUT2D eigenvalue weighted by molar-refractivity contribution is 0.844. The van der Waals surface area contributed by atoms with E-state index in [1.165, 1.54) is 0 Å². The fourth-order valence-corrected chi connectivity index (χ4v) is 9.36. The molecular weight excluding hydrogens is 773 g/mol. The van der Waals surface area contributed by atoms with E-state index < -0.39 is 0 Å². The summed E-state index contributed by atoms with van der Waals surface area (Å²) in [6.45, 7) is 0. The molecule has 8 nitrogen and oxygen atoms in total. The van der Waals surface area contributed by atoms with E-state index in [-0.39, 0.29) is 0 Å². The minimum Gasteiger partial charge on any atom is -0.278 e. The van der Waals surface area contributed by atoms with Gasteiger partial charge >= 0.3 is 0 Å². The lowest BCUT2D eigenvalue weighted by atomic mass is 10.0. The van der Waals surface area contributed by atoms with Gasteiger partial charge in [0, 0.05) is 38.1 Å². The molecule has 0 aliphatic rings. The van der Waals surface area contributed by atoms with Crippen LogP contribution in [0, 0.1) is 0 Å². The molecule has 8 heteroatoms. The summed E-state index contributed by atoms with van der Waals surface area (Å²) in [5, 5.41) is 6.36. The van der Waals surface area contributed by atoms with E-state index in [9.17, 15) is 0 Å². The van der Waals surface area contributed by atoms with Crippen molar-refractivity contribution in [2.75, 3.05) is 0 Å². The summed E-state index contributed by atoms with van der Waals surface area (Å²) in [5.74, 6) is 2.02. The maximum atomic E-state index is 5.50. The number of nitrogens with zero attached hydrogens (tertiary/aromatic N) is 8. The molecule has 0 aliphatic carbocycles. The first-order valence-corrected chi connectivity index (χ1v) is 21.0. The summed E-state index contributed by atoms with van der Waals surface area (Å²) in [7, 11) is 0. The zero-order chi connectivity index (χ0) is 41.4. The van der Waals surface area contributed by atoms with Crippen molar-refractivity contribution in [3.63, 3.8) is 0 Å². The van der Waals surface area contributed by atoms with Crippen molar-refractivity contribution in [1.29, 1.82) is 0 Å². The first-order chi connectivity index (χ1) is 31.3. The highest BCUT2D eigenvalue weighted by Gasteiger charge is 2.26. The third kappa shape index (κ3) is 5.45. The zero-order valence-electron chi connectivity index (χ0n) is 33.7. The van der Waals surface area contributed by atoms with Gasteiger partial charge in [0.05, 0.1) is 38.7 Å². The zero-order valence-corrected chi connectivity index (χ0v) is 33.7. The number of benzene rings is 8. The molecule has 8 aromatic carbocycles. The predicted molar refractivity (Wildman–Crippen MR) is 255 cm³/mol. The summed E-state index contributed by atoms with van der Waals surface area (Å²) in [6.07, 6.45) is 0. The van der Waals surface area contributed by atoms with Gasteiger partial charge < -0.3 is 0 Å². The second-order valence-electron chi connectivity index (χ2n) is 15.7. The van der Waals surface area contributed by atoms with Crippen LogP contribution in [0.2, 0.25) is 0 Å². The minimum atomic E-state index is 0.433. The third-order valence-corrected chi connectivity index (χ3v) is 12.2. The van der Waals surface area contributed by atoms with Crippen molar-refractivity contribution >= 4 is 65.5 Å². The Labute approximate surface area is 360 Å². The molecule has 0 spiro atoms. The molecule has 0 amide bonds. The molecule has 294 valence electrons. The highest BCUT2D eigenvalue weighted by Crippen LogP contribution is 2.41. The molecule has 0 N–H and O–H groups in total. The van der Waals surface area contributed by atoms with E-state index in [0.717, 1.165) is 87.8 Å². The first-order valence-electron chi connectivity index (χ1n) is 21.0. The quantitative estimate of drug-likeness (QED) is 0.167. The molecule has 13 rings (SSSR count). The highest BCUT2D eigenvalue weighted by molar-refractivity contribution is 6.15. The molecule has 5 heterocycles. The van der Waals surface area contributed by atoms with Gasteiger partial charge in [0.15, 0.2) is 11.5 Å². The van der Waals surface area contributed by atoms with Crippen molar-refractivity contribution in [1.82, 2.24) is 38.6 Å². The van der Waals surface area contributed by atoms with Crippen LogP contribution in [-0.2, 0) is 0 Å². The molecule has 0 radical (unpaired) electrons. The van der Waals surface area contributed by atoms with Gasteiger partial charge in [0.25, 0.3) is 0 Å². The molecule has 0 bridgehead atoms. The van der Waals surface area contributed by atoms with Gasteiger partial charge in [-0.25, -0.2) is 9.97 Å². The predicted octanol–water partition coefficient (Wildman–Crippen LogP) is 13.0. The summed E-state index contributed by atoms with van der Waals surface area (Å²) in [6, 6.07) is 71.4. The average Bonchev–Trinajstić information content (AvgIpc) is 4.00. The van der Waals surface area contributed by atoms with Gasteiger partial charge in [-0.3, -0.25) is 13.7 Å². The van der Waals surface area contributed by atoms with Crippen molar-refractivity contribution in [3.8, 4) is 51.6 Å². The van der Waals surface area contributed by atoms with E-state index in [1.54, 1.807) is 0 Å². The molecule has 0 atom stereocenters. The Hall–Kier alpha value is -8.75. The van der Waals surface area contributed by atoms with Gasteiger partial charge in [-0.15, -0.1) is 0 Å². The van der Waals surface area contributed by atoms with E-state index in [4.69, 9.17) is 24.9 Å². The topological polar surface area (TPSA) is 79.2 Å². The molecule has 0 unspecified atom stereocenters. The summed E-state index contributed by atoms with van der Waals surface area (Å²) >= 11 is 0. The Morgan fingerprint density at radius 2 is 0.667 bits per heavy atom. The Balaban J connectivity index is 1.20. The highest BCUT2D eigenvalue weighted by atomic mass is 15.3. The lowest BCUT2D eigenvalue weighted by Crippen LogP contribution is -2.13. The van der Waals surface area contributed by atoms with Crippen LogP contribution < -0.4 is 0 Å². The van der Waals surface area contributed by atoms with Crippen LogP contribution in [0.1, 0.15) is 0 Å². The number of rotatable bonds is 6.